The van der Waals surface area contributed by atoms with E-state index in [2.05, 4.69) is 0 Å². The number of anilines is 1. The lowest BCUT2D eigenvalue weighted by molar-refractivity contribution is -0.122. The molecule has 1 N–H and O–H groups in total. The van der Waals surface area contributed by atoms with Crippen molar-refractivity contribution in [1.82, 2.24) is 0 Å². The lowest BCUT2D eigenvalue weighted by atomic mass is 10.00. The van der Waals surface area contributed by atoms with E-state index < -0.39 is 5.97 Å². The number of aromatic carboxylic acids is 1. The number of benzene rings is 1. The van der Waals surface area contributed by atoms with Crippen molar-refractivity contribution in [2.75, 3.05) is 4.90 Å². The van der Waals surface area contributed by atoms with Crippen molar-refractivity contribution >= 4 is 35.1 Å². The standard InChI is InChI=1S/C14H12ClNO4/c15-9-5-2-6-10(11(9)14(19)20)16-12(17)7-3-1-4-8(7)13(16)18/h2,5-8H,1,3-4H2,(H,19,20). The first-order chi connectivity index (χ1) is 9.52. The number of carboxylic acid groups (broad SMARTS) is 1. The summed E-state index contributed by atoms with van der Waals surface area (Å²) in [7, 11) is 0. The Bertz CT molecular complexity index is 606. The molecule has 5 nitrogen and oxygen atoms in total. The van der Waals surface area contributed by atoms with Gasteiger partial charge in [-0.25, -0.2) is 9.69 Å². The highest BCUT2D eigenvalue weighted by molar-refractivity contribution is 6.35. The van der Waals surface area contributed by atoms with Crippen LogP contribution in [0.2, 0.25) is 5.02 Å². The first-order valence-electron chi connectivity index (χ1n) is 6.42. The molecule has 1 aromatic rings. The Labute approximate surface area is 120 Å². The van der Waals surface area contributed by atoms with Gasteiger partial charge < -0.3 is 5.11 Å². The first-order valence-corrected chi connectivity index (χ1v) is 6.79. The summed E-state index contributed by atoms with van der Waals surface area (Å²) in [5.41, 5.74) is -0.120. The molecule has 0 aromatic heterocycles. The zero-order valence-corrected chi connectivity index (χ0v) is 11.3. The highest BCUT2D eigenvalue weighted by Gasteiger charge is 2.51. The van der Waals surface area contributed by atoms with E-state index >= 15 is 0 Å². The fourth-order valence-corrected chi connectivity index (χ4v) is 3.39. The second-order valence-corrected chi connectivity index (χ2v) is 5.50. The smallest absolute Gasteiger partial charge is 0.339 e. The van der Waals surface area contributed by atoms with Crippen LogP contribution in [0.4, 0.5) is 5.69 Å². The number of rotatable bonds is 2. The van der Waals surface area contributed by atoms with Crippen LogP contribution < -0.4 is 4.90 Å². The number of halogens is 1. The Hall–Kier alpha value is -1.88. The van der Waals surface area contributed by atoms with Gasteiger partial charge in [-0.2, -0.15) is 0 Å². The Morgan fingerprint density at radius 3 is 2.35 bits per heavy atom. The largest absolute Gasteiger partial charge is 0.478 e. The van der Waals surface area contributed by atoms with E-state index in [1.807, 2.05) is 0 Å². The summed E-state index contributed by atoms with van der Waals surface area (Å²) in [5, 5.41) is 9.27. The van der Waals surface area contributed by atoms with E-state index in [9.17, 15) is 19.5 Å². The number of carboxylic acids is 1. The fourth-order valence-electron chi connectivity index (χ4n) is 3.14. The maximum Gasteiger partial charge on any atom is 0.339 e. The molecule has 0 spiro atoms. The summed E-state index contributed by atoms with van der Waals surface area (Å²) >= 11 is 5.89. The molecular weight excluding hydrogens is 282 g/mol. The van der Waals surface area contributed by atoms with Gasteiger partial charge in [0.05, 0.1) is 22.5 Å². The normalized spacial score (nSPS) is 25.1. The number of carbonyl (C=O) groups excluding carboxylic acids is 2. The van der Waals surface area contributed by atoms with Crippen molar-refractivity contribution in [2.45, 2.75) is 19.3 Å². The molecule has 2 fully saturated rings. The molecule has 0 bridgehead atoms. The molecule has 1 aromatic carbocycles. The molecule has 104 valence electrons. The maximum absolute atomic E-state index is 12.4. The van der Waals surface area contributed by atoms with Gasteiger partial charge in [0.1, 0.15) is 5.56 Å². The number of hydrogen-bond donors (Lipinski definition) is 1. The SMILES string of the molecule is O=C(O)c1c(Cl)cccc1N1C(=O)C2CCCC2C1=O. The van der Waals surface area contributed by atoms with Crippen LogP contribution in [0.15, 0.2) is 18.2 Å². The van der Waals surface area contributed by atoms with Crippen LogP contribution >= 0.6 is 11.6 Å². The van der Waals surface area contributed by atoms with E-state index in [1.165, 1.54) is 12.1 Å². The summed E-state index contributed by atoms with van der Waals surface area (Å²) in [6.45, 7) is 0. The summed E-state index contributed by atoms with van der Waals surface area (Å²) in [6.07, 6.45) is 2.24. The van der Waals surface area contributed by atoms with Gasteiger partial charge in [0.2, 0.25) is 11.8 Å². The Morgan fingerprint density at radius 2 is 1.80 bits per heavy atom. The second kappa shape index (κ2) is 4.59. The molecule has 1 aliphatic carbocycles. The molecule has 1 saturated carbocycles. The van der Waals surface area contributed by atoms with Gasteiger partial charge in [-0.1, -0.05) is 24.1 Å². The molecule has 3 rings (SSSR count). The number of fused-ring (bicyclic) bond motifs is 1. The average Bonchev–Trinajstić information content (AvgIpc) is 2.94. The lowest BCUT2D eigenvalue weighted by Crippen LogP contribution is -2.33. The van der Waals surface area contributed by atoms with Crippen LogP contribution in [0.1, 0.15) is 29.6 Å². The molecule has 2 atom stereocenters. The van der Waals surface area contributed by atoms with Gasteiger partial charge >= 0.3 is 5.97 Å². The molecular formula is C14H12ClNO4. The number of nitrogens with zero attached hydrogens (tertiary/aromatic N) is 1. The third-order valence-corrected chi connectivity index (χ3v) is 4.35. The number of imide groups is 1. The van der Waals surface area contributed by atoms with Crippen molar-refractivity contribution in [3.63, 3.8) is 0 Å². The third-order valence-electron chi connectivity index (χ3n) is 4.04. The molecule has 20 heavy (non-hydrogen) atoms. The van der Waals surface area contributed by atoms with E-state index in [-0.39, 0.29) is 39.9 Å². The average molecular weight is 294 g/mol. The molecule has 2 unspecified atom stereocenters. The van der Waals surface area contributed by atoms with Gasteiger partial charge in [0.15, 0.2) is 0 Å². The van der Waals surface area contributed by atoms with Crippen molar-refractivity contribution in [3.8, 4) is 0 Å². The molecule has 6 heteroatoms. The maximum atomic E-state index is 12.4. The van der Waals surface area contributed by atoms with Crippen LogP contribution in [0.3, 0.4) is 0 Å². The summed E-state index contributed by atoms with van der Waals surface area (Å²) in [4.78, 5) is 37.0. The Balaban J connectivity index is 2.11. The third kappa shape index (κ3) is 1.73. The molecule has 2 amide bonds. The van der Waals surface area contributed by atoms with Gasteiger partial charge in [0.25, 0.3) is 0 Å². The van der Waals surface area contributed by atoms with Gasteiger partial charge in [-0.3, -0.25) is 9.59 Å². The molecule has 1 aliphatic heterocycles. The minimum atomic E-state index is -1.25. The topological polar surface area (TPSA) is 74.7 Å². The van der Waals surface area contributed by atoms with Crippen LogP contribution in [-0.4, -0.2) is 22.9 Å². The number of hydrogen-bond acceptors (Lipinski definition) is 3. The van der Waals surface area contributed by atoms with Crippen LogP contribution in [-0.2, 0) is 9.59 Å². The minimum Gasteiger partial charge on any atom is -0.478 e. The van der Waals surface area contributed by atoms with E-state index in [0.29, 0.717) is 12.8 Å². The predicted octanol–water partition coefficient (Wildman–Crippen LogP) is 2.33. The number of carbonyl (C=O) groups is 3. The summed E-state index contributed by atoms with van der Waals surface area (Å²) < 4.78 is 0. The van der Waals surface area contributed by atoms with Crippen LogP contribution in [0.25, 0.3) is 0 Å². The molecule has 2 aliphatic rings. The van der Waals surface area contributed by atoms with Crippen LogP contribution in [0, 0.1) is 11.8 Å². The van der Waals surface area contributed by atoms with Crippen molar-refractivity contribution in [2.24, 2.45) is 11.8 Å². The van der Waals surface area contributed by atoms with E-state index in [1.54, 1.807) is 6.07 Å². The zero-order valence-electron chi connectivity index (χ0n) is 10.5. The highest BCUT2D eigenvalue weighted by Crippen LogP contribution is 2.43. The lowest BCUT2D eigenvalue weighted by Gasteiger charge is -2.18. The van der Waals surface area contributed by atoms with Crippen molar-refractivity contribution in [3.05, 3.63) is 28.8 Å². The first kappa shape index (κ1) is 13.1. The summed E-state index contributed by atoms with van der Waals surface area (Å²) in [6, 6.07) is 4.42. The Kier molecular flexibility index (Phi) is 3.01. The molecule has 0 radical (unpaired) electrons. The van der Waals surface area contributed by atoms with Crippen molar-refractivity contribution < 1.29 is 19.5 Å². The van der Waals surface area contributed by atoms with E-state index in [0.717, 1.165) is 11.3 Å². The van der Waals surface area contributed by atoms with Crippen LogP contribution in [0.5, 0.6) is 0 Å². The van der Waals surface area contributed by atoms with Gasteiger partial charge in [-0.15, -0.1) is 0 Å². The monoisotopic (exact) mass is 293 g/mol. The zero-order chi connectivity index (χ0) is 14.4. The Morgan fingerprint density at radius 1 is 1.20 bits per heavy atom. The van der Waals surface area contributed by atoms with Gasteiger partial charge in [0, 0.05) is 0 Å². The minimum absolute atomic E-state index is 0.0210. The fraction of sp³-hybridized carbons (Fsp3) is 0.357. The summed E-state index contributed by atoms with van der Waals surface area (Å²) in [5.74, 6) is -2.46. The second-order valence-electron chi connectivity index (χ2n) is 5.09. The van der Waals surface area contributed by atoms with E-state index in [4.69, 9.17) is 11.6 Å². The quantitative estimate of drug-likeness (QED) is 0.849. The molecule has 1 saturated heterocycles. The predicted molar refractivity (Wildman–Crippen MR) is 71.7 cm³/mol. The van der Waals surface area contributed by atoms with Crippen molar-refractivity contribution in [1.29, 1.82) is 0 Å². The molecule has 1 heterocycles. The number of amides is 2. The highest BCUT2D eigenvalue weighted by atomic mass is 35.5. The van der Waals surface area contributed by atoms with Gasteiger partial charge in [-0.05, 0) is 25.0 Å².